The van der Waals surface area contributed by atoms with Crippen molar-refractivity contribution in [3.63, 3.8) is 0 Å². The summed E-state index contributed by atoms with van der Waals surface area (Å²) in [7, 11) is 3.12. The first-order valence-electron chi connectivity index (χ1n) is 7.58. The third-order valence-electron chi connectivity index (χ3n) is 3.50. The van der Waals surface area contributed by atoms with E-state index in [0.717, 1.165) is 11.1 Å². The lowest BCUT2D eigenvalue weighted by Gasteiger charge is -2.07. The van der Waals surface area contributed by atoms with Gasteiger partial charge in [0.25, 0.3) is 0 Å². The van der Waals surface area contributed by atoms with Gasteiger partial charge < -0.3 is 18.6 Å². The minimum Gasteiger partial charge on any atom is -0.493 e. The number of benzene rings is 2. The summed E-state index contributed by atoms with van der Waals surface area (Å²) < 4.78 is 21.1. The average Bonchev–Trinajstić information content (AvgIpc) is 2.99. The van der Waals surface area contributed by atoms with E-state index in [9.17, 15) is 4.79 Å². The molecule has 0 aliphatic heterocycles. The minimum atomic E-state index is -0.495. The molecule has 3 rings (SSSR count). The number of rotatable bonds is 5. The van der Waals surface area contributed by atoms with Crippen LogP contribution in [0, 0.1) is 6.92 Å². The first-order chi connectivity index (χ1) is 12.1. The Hall–Kier alpha value is -3.28. The van der Waals surface area contributed by atoms with Gasteiger partial charge in [0.1, 0.15) is 11.3 Å². The highest BCUT2D eigenvalue weighted by Crippen LogP contribution is 2.28. The lowest BCUT2D eigenvalue weighted by molar-refractivity contribution is -0.128. The lowest BCUT2D eigenvalue weighted by Crippen LogP contribution is -2.03. The summed E-state index contributed by atoms with van der Waals surface area (Å²) >= 11 is 0. The van der Waals surface area contributed by atoms with E-state index in [1.54, 1.807) is 57.6 Å². The molecule has 0 radical (unpaired) electrons. The lowest BCUT2D eigenvalue weighted by atomic mass is 10.2. The zero-order chi connectivity index (χ0) is 17.8. The van der Waals surface area contributed by atoms with Crippen molar-refractivity contribution in [3.8, 4) is 17.2 Å². The van der Waals surface area contributed by atoms with Crippen LogP contribution in [0.25, 0.3) is 17.2 Å². The van der Waals surface area contributed by atoms with Crippen LogP contribution in [0.3, 0.4) is 0 Å². The third-order valence-corrected chi connectivity index (χ3v) is 3.50. The topological polar surface area (TPSA) is 70.8 Å². The summed E-state index contributed by atoms with van der Waals surface area (Å²) in [6.45, 7) is 1.76. The number of ether oxygens (including phenoxy) is 3. The van der Waals surface area contributed by atoms with E-state index >= 15 is 0 Å². The van der Waals surface area contributed by atoms with Gasteiger partial charge in [-0.1, -0.05) is 6.07 Å². The van der Waals surface area contributed by atoms with Crippen molar-refractivity contribution in [1.29, 1.82) is 0 Å². The Morgan fingerprint density at radius 3 is 2.64 bits per heavy atom. The first kappa shape index (κ1) is 16.6. The zero-order valence-corrected chi connectivity index (χ0v) is 14.1. The monoisotopic (exact) mass is 339 g/mol. The summed E-state index contributed by atoms with van der Waals surface area (Å²) in [5, 5.41) is 0. The molecule has 0 amide bonds. The van der Waals surface area contributed by atoms with Gasteiger partial charge >= 0.3 is 5.97 Å². The van der Waals surface area contributed by atoms with Crippen molar-refractivity contribution in [1.82, 2.24) is 4.98 Å². The van der Waals surface area contributed by atoms with Crippen molar-refractivity contribution in [2.45, 2.75) is 6.92 Å². The molecule has 2 aromatic carbocycles. The number of oxazole rings is 1. The normalized spacial score (nSPS) is 11.0. The quantitative estimate of drug-likeness (QED) is 0.400. The molecule has 0 fully saturated rings. The van der Waals surface area contributed by atoms with Gasteiger partial charge in [0.2, 0.25) is 0 Å². The summed E-state index contributed by atoms with van der Waals surface area (Å²) in [5.41, 5.74) is 2.08. The first-order valence-corrected chi connectivity index (χ1v) is 7.58. The number of fused-ring (bicyclic) bond motifs is 1. The van der Waals surface area contributed by atoms with E-state index in [4.69, 9.17) is 18.6 Å². The second-order valence-electron chi connectivity index (χ2n) is 5.23. The van der Waals surface area contributed by atoms with Gasteiger partial charge in [-0.15, -0.1) is 0 Å². The highest BCUT2D eigenvalue weighted by molar-refractivity contribution is 5.89. The van der Waals surface area contributed by atoms with E-state index in [1.807, 2.05) is 6.07 Å². The molecule has 1 heterocycles. The third kappa shape index (κ3) is 3.80. The van der Waals surface area contributed by atoms with Gasteiger partial charge in [0.05, 0.1) is 14.2 Å². The second kappa shape index (κ2) is 7.09. The van der Waals surface area contributed by atoms with E-state index in [2.05, 4.69) is 4.98 Å². The van der Waals surface area contributed by atoms with Crippen LogP contribution in [-0.2, 0) is 4.79 Å². The van der Waals surface area contributed by atoms with Gasteiger partial charge in [0.15, 0.2) is 23.0 Å². The van der Waals surface area contributed by atoms with Crippen LogP contribution in [0.4, 0.5) is 0 Å². The largest absolute Gasteiger partial charge is 0.493 e. The number of carbonyl (C=O) groups excluding carboxylic acids is 1. The predicted octanol–water partition coefficient (Wildman–Crippen LogP) is 3.77. The van der Waals surface area contributed by atoms with E-state index in [1.165, 1.54) is 6.08 Å². The van der Waals surface area contributed by atoms with Crippen LogP contribution < -0.4 is 14.2 Å². The fourth-order valence-corrected chi connectivity index (χ4v) is 2.35. The molecule has 128 valence electrons. The molecule has 0 bridgehead atoms. The molecule has 6 nitrogen and oxygen atoms in total. The molecule has 0 aliphatic rings. The summed E-state index contributed by atoms with van der Waals surface area (Å²) in [4.78, 5) is 16.2. The predicted molar refractivity (Wildman–Crippen MR) is 93.0 cm³/mol. The van der Waals surface area contributed by atoms with Crippen LogP contribution in [0.1, 0.15) is 11.5 Å². The Labute approximate surface area is 144 Å². The zero-order valence-electron chi connectivity index (χ0n) is 14.1. The number of methoxy groups -OCH3 is 2. The Kier molecular flexibility index (Phi) is 4.70. The average molecular weight is 339 g/mol. The van der Waals surface area contributed by atoms with Crippen molar-refractivity contribution in [2.24, 2.45) is 0 Å². The minimum absolute atomic E-state index is 0.394. The molecule has 25 heavy (non-hydrogen) atoms. The van der Waals surface area contributed by atoms with Crippen LogP contribution in [0.15, 0.2) is 46.9 Å². The highest BCUT2D eigenvalue weighted by atomic mass is 16.5. The van der Waals surface area contributed by atoms with E-state index in [0.29, 0.717) is 28.7 Å². The molecule has 1 aromatic heterocycles. The van der Waals surface area contributed by atoms with E-state index < -0.39 is 5.97 Å². The number of esters is 1. The van der Waals surface area contributed by atoms with Crippen molar-refractivity contribution >= 4 is 23.1 Å². The maximum absolute atomic E-state index is 12.0. The molecule has 0 atom stereocenters. The van der Waals surface area contributed by atoms with Crippen LogP contribution in [-0.4, -0.2) is 25.2 Å². The van der Waals surface area contributed by atoms with Crippen molar-refractivity contribution in [3.05, 3.63) is 53.9 Å². The van der Waals surface area contributed by atoms with Gasteiger partial charge in [-0.05, 0) is 35.9 Å². The van der Waals surface area contributed by atoms with Crippen LogP contribution >= 0.6 is 0 Å². The summed E-state index contributed by atoms with van der Waals surface area (Å²) in [6.07, 6.45) is 2.98. The number of hydrogen-bond acceptors (Lipinski definition) is 6. The van der Waals surface area contributed by atoms with Gasteiger partial charge in [-0.3, -0.25) is 0 Å². The standard InChI is InChI=1S/C19H17NO5/c1-12-20-15-7-6-14(11-17(15)24-12)25-19(21)9-5-13-4-8-16(22-2)18(10-13)23-3/h4-11H,1-3H3/b9-5+. The number of hydrogen-bond donors (Lipinski definition) is 0. The SMILES string of the molecule is COc1ccc(/C=C/C(=O)Oc2ccc3nc(C)oc3c2)cc1OC. The molecule has 3 aromatic rings. The molecule has 0 unspecified atom stereocenters. The fourth-order valence-electron chi connectivity index (χ4n) is 2.35. The molecular weight excluding hydrogens is 322 g/mol. The van der Waals surface area contributed by atoms with Gasteiger partial charge in [-0.2, -0.15) is 0 Å². The molecule has 0 spiro atoms. The molecule has 0 saturated carbocycles. The molecule has 6 heteroatoms. The fraction of sp³-hybridized carbons (Fsp3) is 0.158. The Morgan fingerprint density at radius 2 is 1.88 bits per heavy atom. The smallest absolute Gasteiger partial charge is 0.336 e. The Balaban J connectivity index is 1.71. The van der Waals surface area contributed by atoms with Crippen molar-refractivity contribution < 1.29 is 23.4 Å². The Bertz CT molecular complexity index is 942. The summed E-state index contributed by atoms with van der Waals surface area (Å²) in [6, 6.07) is 10.4. The van der Waals surface area contributed by atoms with Crippen LogP contribution in [0.5, 0.6) is 17.2 Å². The second-order valence-corrected chi connectivity index (χ2v) is 5.23. The maximum Gasteiger partial charge on any atom is 0.336 e. The highest BCUT2D eigenvalue weighted by Gasteiger charge is 2.07. The van der Waals surface area contributed by atoms with E-state index in [-0.39, 0.29) is 0 Å². The molecule has 0 N–H and O–H groups in total. The van der Waals surface area contributed by atoms with Crippen LogP contribution in [0.2, 0.25) is 0 Å². The number of aryl methyl sites for hydroxylation is 1. The van der Waals surface area contributed by atoms with Gasteiger partial charge in [0, 0.05) is 19.1 Å². The maximum atomic E-state index is 12.0. The number of nitrogens with zero attached hydrogens (tertiary/aromatic N) is 1. The number of aromatic nitrogens is 1. The number of carbonyl (C=O) groups is 1. The van der Waals surface area contributed by atoms with Crippen molar-refractivity contribution in [2.75, 3.05) is 14.2 Å². The Morgan fingerprint density at radius 1 is 1.08 bits per heavy atom. The molecule has 0 saturated heterocycles. The molecular formula is C19H17NO5. The molecule has 0 aliphatic carbocycles. The van der Waals surface area contributed by atoms with Gasteiger partial charge in [-0.25, -0.2) is 9.78 Å². The summed E-state index contributed by atoms with van der Waals surface area (Å²) in [5.74, 6) is 1.67.